The van der Waals surface area contributed by atoms with Crippen LogP contribution in [0.5, 0.6) is 0 Å². The van der Waals surface area contributed by atoms with Gasteiger partial charge < -0.3 is 9.73 Å². The van der Waals surface area contributed by atoms with Crippen molar-refractivity contribution >= 4 is 27.7 Å². The van der Waals surface area contributed by atoms with Crippen molar-refractivity contribution in [3.05, 3.63) is 40.1 Å². The molecule has 17 heavy (non-hydrogen) atoms. The predicted octanol–water partition coefficient (Wildman–Crippen LogP) is 2.70. The topological polar surface area (TPSA) is 68.0 Å². The molecular formula is C11H10BrN3O2. The zero-order chi connectivity index (χ0) is 12.4. The van der Waals surface area contributed by atoms with E-state index in [0.29, 0.717) is 17.4 Å². The number of halogens is 1. The van der Waals surface area contributed by atoms with Gasteiger partial charge in [0.05, 0.1) is 5.69 Å². The second-order valence-electron chi connectivity index (χ2n) is 3.46. The third-order valence-corrected chi connectivity index (χ3v) is 2.57. The summed E-state index contributed by atoms with van der Waals surface area (Å²) in [7, 11) is 0. The number of nitrogens with one attached hydrogen (secondary N) is 1. The Balaban J connectivity index is 2.20. The summed E-state index contributed by atoms with van der Waals surface area (Å²) in [5.74, 6) is 0.783. The number of anilines is 1. The molecule has 2 heterocycles. The van der Waals surface area contributed by atoms with Gasteiger partial charge in [0.25, 0.3) is 5.91 Å². The second-order valence-corrected chi connectivity index (χ2v) is 4.38. The Kier molecular flexibility index (Phi) is 3.23. The largest absolute Gasteiger partial charge is 0.436 e. The van der Waals surface area contributed by atoms with Crippen LogP contribution in [0.3, 0.4) is 0 Å². The van der Waals surface area contributed by atoms with Crippen LogP contribution < -0.4 is 5.32 Å². The molecule has 5 nitrogen and oxygen atoms in total. The highest BCUT2D eigenvalue weighted by atomic mass is 79.9. The number of amides is 1. The van der Waals surface area contributed by atoms with E-state index >= 15 is 0 Å². The summed E-state index contributed by atoms with van der Waals surface area (Å²) in [4.78, 5) is 19.9. The highest BCUT2D eigenvalue weighted by molar-refractivity contribution is 9.10. The molecule has 0 aliphatic carbocycles. The first-order valence-electron chi connectivity index (χ1n) is 4.93. The van der Waals surface area contributed by atoms with Crippen LogP contribution in [0.4, 0.5) is 5.82 Å². The quantitative estimate of drug-likeness (QED) is 0.925. The fraction of sp³-hybridized carbons (Fsp3) is 0.182. The maximum Gasteiger partial charge on any atom is 0.294 e. The summed E-state index contributed by atoms with van der Waals surface area (Å²) in [5.41, 5.74) is 0.565. The number of aromatic nitrogens is 2. The van der Waals surface area contributed by atoms with E-state index in [1.807, 2.05) is 0 Å². The van der Waals surface area contributed by atoms with Crippen LogP contribution in [0.1, 0.15) is 22.1 Å². The number of oxazole rings is 1. The molecule has 0 saturated heterocycles. The Hall–Kier alpha value is -1.69. The Labute approximate surface area is 106 Å². The number of pyridine rings is 1. The average Bonchev–Trinajstić information content (AvgIpc) is 2.58. The van der Waals surface area contributed by atoms with Gasteiger partial charge in [0.1, 0.15) is 5.82 Å². The Bertz CT molecular complexity index is 566. The van der Waals surface area contributed by atoms with Crippen molar-refractivity contribution in [2.45, 2.75) is 13.8 Å². The van der Waals surface area contributed by atoms with Crippen LogP contribution >= 0.6 is 15.9 Å². The van der Waals surface area contributed by atoms with Crippen molar-refractivity contribution < 1.29 is 9.21 Å². The van der Waals surface area contributed by atoms with Gasteiger partial charge in [0, 0.05) is 17.6 Å². The monoisotopic (exact) mass is 295 g/mol. The lowest BCUT2D eigenvalue weighted by Crippen LogP contribution is -2.13. The molecule has 0 spiro atoms. The molecule has 0 saturated carbocycles. The van der Waals surface area contributed by atoms with Crippen LogP contribution in [-0.2, 0) is 0 Å². The number of carbonyl (C=O) groups is 1. The van der Waals surface area contributed by atoms with E-state index in [2.05, 4.69) is 31.2 Å². The van der Waals surface area contributed by atoms with Crippen LogP contribution in [0.25, 0.3) is 0 Å². The van der Waals surface area contributed by atoms with Crippen molar-refractivity contribution in [2.75, 3.05) is 5.32 Å². The first kappa shape index (κ1) is 11.8. The highest BCUT2D eigenvalue weighted by Gasteiger charge is 2.16. The lowest BCUT2D eigenvalue weighted by molar-refractivity contribution is 0.0994. The molecule has 0 bridgehead atoms. The van der Waals surface area contributed by atoms with E-state index in [1.165, 1.54) is 0 Å². The summed E-state index contributed by atoms with van der Waals surface area (Å²) in [5, 5.41) is 2.64. The van der Waals surface area contributed by atoms with E-state index in [-0.39, 0.29) is 11.7 Å². The number of rotatable bonds is 2. The van der Waals surface area contributed by atoms with Gasteiger partial charge in [-0.05, 0) is 19.1 Å². The first-order valence-corrected chi connectivity index (χ1v) is 5.72. The Morgan fingerprint density at radius 2 is 2.24 bits per heavy atom. The van der Waals surface area contributed by atoms with Gasteiger partial charge in [-0.25, -0.2) is 9.97 Å². The molecule has 88 valence electrons. The minimum Gasteiger partial charge on any atom is -0.436 e. The molecule has 2 aromatic heterocycles. The molecule has 2 rings (SSSR count). The molecule has 0 radical (unpaired) electrons. The minimum atomic E-state index is -0.353. The predicted molar refractivity (Wildman–Crippen MR) is 65.9 cm³/mol. The summed E-state index contributed by atoms with van der Waals surface area (Å²) < 4.78 is 6.06. The Morgan fingerprint density at radius 1 is 1.47 bits per heavy atom. The van der Waals surface area contributed by atoms with Crippen LogP contribution in [-0.4, -0.2) is 15.9 Å². The van der Waals surface area contributed by atoms with Crippen molar-refractivity contribution in [1.82, 2.24) is 9.97 Å². The van der Waals surface area contributed by atoms with Crippen molar-refractivity contribution in [3.63, 3.8) is 0 Å². The van der Waals surface area contributed by atoms with E-state index < -0.39 is 0 Å². The van der Waals surface area contributed by atoms with E-state index in [0.717, 1.165) is 4.47 Å². The van der Waals surface area contributed by atoms with E-state index in [9.17, 15) is 4.79 Å². The number of carbonyl (C=O) groups excluding carboxylic acids is 1. The van der Waals surface area contributed by atoms with E-state index in [4.69, 9.17) is 4.42 Å². The third kappa shape index (κ3) is 2.71. The van der Waals surface area contributed by atoms with Crippen LogP contribution in [0.15, 0.2) is 27.2 Å². The van der Waals surface area contributed by atoms with Gasteiger partial charge in [-0.15, -0.1) is 0 Å². The second kappa shape index (κ2) is 4.67. The summed E-state index contributed by atoms with van der Waals surface area (Å²) in [6.07, 6.45) is 1.60. The summed E-state index contributed by atoms with van der Waals surface area (Å²) >= 11 is 3.30. The van der Waals surface area contributed by atoms with Gasteiger partial charge in [0.2, 0.25) is 5.76 Å². The number of hydrogen-bond donors (Lipinski definition) is 1. The van der Waals surface area contributed by atoms with Crippen molar-refractivity contribution in [2.24, 2.45) is 0 Å². The lowest BCUT2D eigenvalue weighted by Gasteiger charge is -2.02. The maximum atomic E-state index is 11.9. The maximum absolute atomic E-state index is 11.9. The molecule has 0 aliphatic rings. The molecule has 1 amide bonds. The molecule has 0 unspecified atom stereocenters. The van der Waals surface area contributed by atoms with Crippen LogP contribution in [0.2, 0.25) is 0 Å². The van der Waals surface area contributed by atoms with Crippen LogP contribution in [0, 0.1) is 13.8 Å². The SMILES string of the molecule is Cc1nc(C)c(C(=O)Nc2cc(Br)ccn2)o1. The molecule has 6 heteroatoms. The molecule has 0 aliphatic heterocycles. The molecule has 1 N–H and O–H groups in total. The van der Waals surface area contributed by atoms with Gasteiger partial charge in [-0.3, -0.25) is 4.79 Å². The molecule has 2 aromatic rings. The molecule has 0 fully saturated rings. The molecule has 0 aromatic carbocycles. The average molecular weight is 296 g/mol. The smallest absolute Gasteiger partial charge is 0.294 e. The van der Waals surface area contributed by atoms with Crippen molar-refractivity contribution in [1.29, 1.82) is 0 Å². The summed E-state index contributed by atoms with van der Waals surface area (Å²) in [6, 6.07) is 3.48. The molecular weight excluding hydrogens is 286 g/mol. The standard InChI is InChI=1S/C11H10BrN3O2/c1-6-10(17-7(2)14-6)11(16)15-9-5-8(12)3-4-13-9/h3-5H,1-2H3,(H,13,15,16). The van der Waals surface area contributed by atoms with Gasteiger partial charge in [-0.2, -0.15) is 0 Å². The number of nitrogens with zero attached hydrogens (tertiary/aromatic N) is 2. The van der Waals surface area contributed by atoms with Gasteiger partial charge >= 0.3 is 0 Å². The van der Waals surface area contributed by atoms with E-state index in [1.54, 1.807) is 32.2 Å². The fourth-order valence-corrected chi connectivity index (χ4v) is 1.72. The normalized spacial score (nSPS) is 10.3. The minimum absolute atomic E-state index is 0.212. The fourth-order valence-electron chi connectivity index (χ4n) is 1.39. The first-order chi connectivity index (χ1) is 8.06. The number of aryl methyl sites for hydroxylation is 2. The zero-order valence-corrected chi connectivity index (χ0v) is 10.9. The lowest BCUT2D eigenvalue weighted by atomic mass is 10.3. The number of hydrogen-bond acceptors (Lipinski definition) is 4. The van der Waals surface area contributed by atoms with Gasteiger partial charge in [0.15, 0.2) is 5.89 Å². The summed E-state index contributed by atoms with van der Waals surface area (Å²) in [6.45, 7) is 3.42. The Morgan fingerprint density at radius 3 is 2.82 bits per heavy atom. The highest BCUT2D eigenvalue weighted by Crippen LogP contribution is 2.15. The zero-order valence-electron chi connectivity index (χ0n) is 9.32. The third-order valence-electron chi connectivity index (χ3n) is 2.07. The molecule has 0 atom stereocenters. The van der Waals surface area contributed by atoms with Crippen molar-refractivity contribution in [3.8, 4) is 0 Å². The van der Waals surface area contributed by atoms with Gasteiger partial charge in [-0.1, -0.05) is 15.9 Å².